The Kier molecular flexibility index (Phi) is 12.4. The van der Waals surface area contributed by atoms with Gasteiger partial charge in [-0.15, -0.1) is 0 Å². The van der Waals surface area contributed by atoms with Gasteiger partial charge in [0.1, 0.15) is 17.3 Å². The molecule has 1 amide bonds. The Morgan fingerprint density at radius 3 is 2.45 bits per heavy atom. The highest BCUT2D eigenvalue weighted by Crippen LogP contribution is 2.35. The number of fused-ring (bicyclic) bond motifs is 2. The molecule has 6 aromatic rings. The van der Waals surface area contributed by atoms with Gasteiger partial charge in [-0.3, -0.25) is 14.6 Å². The zero-order valence-corrected chi connectivity index (χ0v) is 29.6. The first-order valence-electron chi connectivity index (χ1n) is 16.3. The lowest BCUT2D eigenvalue weighted by Crippen LogP contribution is -2.20. The van der Waals surface area contributed by atoms with Crippen molar-refractivity contribution >= 4 is 80.3 Å². The van der Waals surface area contributed by atoms with E-state index in [1.54, 1.807) is 36.9 Å². The minimum Gasteiger partial charge on any atom is -0.492 e. The monoisotopic (exact) mass is 750 g/mol. The van der Waals surface area contributed by atoms with Crippen LogP contribution in [-0.2, 0) is 17.6 Å². The number of aldehydes is 1. The van der Waals surface area contributed by atoms with E-state index in [4.69, 9.17) is 0 Å². The Morgan fingerprint density at radius 2 is 1.72 bits per heavy atom. The summed E-state index contributed by atoms with van der Waals surface area (Å²) in [6, 6.07) is 20.5. The van der Waals surface area contributed by atoms with E-state index < -0.39 is 0 Å². The van der Waals surface area contributed by atoms with Crippen molar-refractivity contribution in [1.29, 1.82) is 0 Å². The van der Waals surface area contributed by atoms with E-state index in [1.807, 2.05) is 42.5 Å². The Bertz CT molecular complexity index is 2320. The van der Waals surface area contributed by atoms with Gasteiger partial charge >= 0.3 is 0 Å². The van der Waals surface area contributed by atoms with Gasteiger partial charge in [-0.05, 0) is 78.6 Å². The normalized spacial score (nSPS) is 14.3. The highest BCUT2D eigenvalue weighted by atomic mass is 32.2. The molecule has 0 bridgehead atoms. The van der Waals surface area contributed by atoms with Crippen LogP contribution < -0.4 is 10.6 Å². The van der Waals surface area contributed by atoms with Crippen LogP contribution >= 0.6 is 23.1 Å². The number of pyridine rings is 2. The number of aromatic amines is 1. The number of thioether (sulfide) groups is 1. The van der Waals surface area contributed by atoms with Crippen LogP contribution in [0.1, 0.15) is 31.9 Å². The van der Waals surface area contributed by atoms with Crippen molar-refractivity contribution in [3.8, 4) is 5.88 Å². The van der Waals surface area contributed by atoms with Crippen molar-refractivity contribution in [2.45, 2.75) is 12.8 Å². The molecule has 6 heterocycles. The molecule has 0 unspecified atom stereocenters. The molecule has 0 saturated carbocycles. The molecule has 2 aliphatic heterocycles. The molecule has 0 spiro atoms. The number of anilines is 1. The minimum atomic E-state index is -0.240. The number of hydrogen-bond donors (Lipinski definition) is 4. The maximum Gasteiger partial charge on any atom is 0.236 e. The molecule has 2 aliphatic rings. The number of rotatable bonds is 9. The second-order valence-electron chi connectivity index (χ2n) is 11.4. The molecule has 1 saturated heterocycles. The van der Waals surface area contributed by atoms with E-state index in [1.165, 1.54) is 47.4 Å². The molecule has 4 N–H and O–H groups in total. The zero-order chi connectivity index (χ0) is 37.0. The van der Waals surface area contributed by atoms with Crippen LogP contribution in [0.3, 0.4) is 0 Å². The summed E-state index contributed by atoms with van der Waals surface area (Å²) < 4.78 is 26.0. The summed E-state index contributed by atoms with van der Waals surface area (Å²) >= 11 is 2.76. The van der Waals surface area contributed by atoms with E-state index in [9.17, 15) is 23.5 Å². The third-order valence-corrected chi connectivity index (χ3v) is 9.53. The topological polar surface area (TPSA) is 158 Å². The van der Waals surface area contributed by atoms with Gasteiger partial charge in [0, 0.05) is 60.0 Å². The second kappa shape index (κ2) is 17.9. The van der Waals surface area contributed by atoms with E-state index in [0.717, 1.165) is 39.6 Å². The number of aliphatic imine (C=N–C) groups is 2. The molecular weight excluding hydrogens is 719 g/mol. The Labute approximate surface area is 311 Å². The predicted octanol–water partition coefficient (Wildman–Crippen LogP) is 7.26. The third-order valence-electron chi connectivity index (χ3n) is 7.66. The highest BCUT2D eigenvalue weighted by molar-refractivity contribution is 8.15. The number of aromatic hydroxyl groups is 1. The molecule has 2 aromatic carbocycles. The zero-order valence-electron chi connectivity index (χ0n) is 28.0. The summed E-state index contributed by atoms with van der Waals surface area (Å²) in [6.45, 7) is 1.16. The number of nitrogens with zero attached hydrogens (tertiary/aromatic N) is 5. The van der Waals surface area contributed by atoms with Crippen LogP contribution in [0.15, 0.2) is 101 Å². The van der Waals surface area contributed by atoms with Gasteiger partial charge in [-0.2, -0.15) is 4.98 Å². The first-order valence-corrected chi connectivity index (χ1v) is 18.1. The Balaban J connectivity index is 0.000000151. The fourth-order valence-corrected chi connectivity index (χ4v) is 6.69. The van der Waals surface area contributed by atoms with Gasteiger partial charge in [0.05, 0.1) is 10.6 Å². The Hall–Kier alpha value is -6.06. The van der Waals surface area contributed by atoms with Crippen molar-refractivity contribution in [1.82, 2.24) is 25.3 Å². The van der Waals surface area contributed by atoms with E-state index in [2.05, 4.69) is 40.6 Å². The number of carbonyl (C=O) groups excluding carboxylic acids is 2. The summed E-state index contributed by atoms with van der Waals surface area (Å²) in [5, 5.41) is 18.1. The summed E-state index contributed by atoms with van der Waals surface area (Å²) in [6.07, 6.45) is 10.8. The average Bonchev–Trinajstić information content (AvgIpc) is 3.96. The number of aromatic nitrogens is 4. The standard InChI is InChI=1S/C19H15FN4OS.C11H11FN2OS.C8H6N2O/c20-14-4-1-3-12(9-14)6-8-22-19-24-18(25)16(26-19)10-13-11-23-17-15(13)5-2-7-21-17;12-9-3-1-2-8(6-9)4-5-13-11-14-10(15)7-16-11;11-5-6-4-10-8-7(6)2-1-3-9-8/h1-5,7,9-11,25H,6,8H2,(H,22,24);1-3,6H,4-5,7H2,(H,13,14,15);1-5H,(H,9,10). The molecule has 11 nitrogen and oxygen atoms in total. The average molecular weight is 751 g/mol. The molecule has 0 atom stereocenters. The molecule has 53 heavy (non-hydrogen) atoms. The smallest absolute Gasteiger partial charge is 0.236 e. The molecule has 268 valence electrons. The van der Waals surface area contributed by atoms with Crippen molar-refractivity contribution < 1.29 is 23.5 Å². The fourth-order valence-electron chi connectivity index (χ4n) is 5.15. The van der Waals surface area contributed by atoms with Gasteiger partial charge in [0.15, 0.2) is 22.4 Å². The predicted molar refractivity (Wildman–Crippen MR) is 207 cm³/mol. The first-order chi connectivity index (χ1) is 25.8. The molecular formula is C38H32F2N8O3S2. The number of nitrogens with one attached hydrogen (secondary N) is 3. The molecule has 1 fully saturated rings. The fraction of sp³-hybridized carbons (Fsp3) is 0.132. The number of hydrogen-bond acceptors (Lipinski definition) is 11. The van der Waals surface area contributed by atoms with Crippen LogP contribution in [0.5, 0.6) is 5.88 Å². The quantitative estimate of drug-likeness (QED) is 0.113. The van der Waals surface area contributed by atoms with Crippen LogP contribution in [0.4, 0.5) is 19.7 Å². The number of amidine groups is 1. The van der Waals surface area contributed by atoms with Crippen LogP contribution in [0, 0.1) is 11.6 Å². The second-order valence-corrected chi connectivity index (χ2v) is 13.4. The number of H-pyrrole nitrogens is 1. The largest absolute Gasteiger partial charge is 0.492 e. The van der Waals surface area contributed by atoms with Crippen molar-refractivity contribution in [2.75, 3.05) is 24.2 Å². The van der Waals surface area contributed by atoms with Crippen LogP contribution in [-0.4, -0.2) is 67.5 Å². The third kappa shape index (κ3) is 10.3. The minimum absolute atomic E-state index is 0.00509. The maximum absolute atomic E-state index is 13.2. The summed E-state index contributed by atoms with van der Waals surface area (Å²) in [7, 11) is 0. The van der Waals surface area contributed by atoms with Crippen LogP contribution in [0.25, 0.3) is 22.7 Å². The number of thiazole rings is 1. The lowest BCUT2D eigenvalue weighted by atomic mass is 10.1. The number of allylic oxidation sites excluding steroid dienone is 1. The number of halogens is 2. The highest BCUT2D eigenvalue weighted by Gasteiger charge is 2.16. The number of carbonyl (C=O) groups is 2. The number of amides is 1. The van der Waals surface area contributed by atoms with Gasteiger partial charge in [0.2, 0.25) is 11.8 Å². The molecule has 0 aliphatic carbocycles. The van der Waals surface area contributed by atoms with Gasteiger partial charge in [-0.1, -0.05) is 47.4 Å². The van der Waals surface area contributed by atoms with Gasteiger partial charge in [-0.25, -0.2) is 23.7 Å². The van der Waals surface area contributed by atoms with Gasteiger partial charge in [0.25, 0.3) is 0 Å². The van der Waals surface area contributed by atoms with E-state index in [0.29, 0.717) is 58.2 Å². The van der Waals surface area contributed by atoms with Crippen molar-refractivity contribution in [3.05, 3.63) is 130 Å². The van der Waals surface area contributed by atoms with Crippen LogP contribution in [0.2, 0.25) is 0 Å². The van der Waals surface area contributed by atoms with Crippen molar-refractivity contribution in [3.63, 3.8) is 0 Å². The first kappa shape index (κ1) is 36.7. The summed E-state index contributed by atoms with van der Waals surface area (Å²) in [5.74, 6) is 0.621. The molecule has 15 heteroatoms. The summed E-state index contributed by atoms with van der Waals surface area (Å²) in [4.78, 5) is 45.7. The van der Waals surface area contributed by atoms with E-state index >= 15 is 0 Å². The lowest BCUT2D eigenvalue weighted by Gasteiger charge is -2.02. The lowest BCUT2D eigenvalue weighted by molar-refractivity contribution is -0.116. The Morgan fingerprint density at radius 1 is 0.962 bits per heavy atom. The number of benzene rings is 2. The summed E-state index contributed by atoms with van der Waals surface area (Å²) in [5.41, 5.74) is 5.06. The molecule has 4 aromatic heterocycles. The SMILES string of the molecule is O=C1CSC(=NCCc2cccc(F)c2)N1.O=Cc1c[nH]c2ncccc12.Oc1nc(NCCc2cccc(F)c2)sc1C=C1C=Nc2ncccc21. The maximum atomic E-state index is 13.2. The molecule has 0 radical (unpaired) electrons. The van der Waals surface area contributed by atoms with E-state index in [-0.39, 0.29) is 23.4 Å². The molecule has 8 rings (SSSR count). The van der Waals surface area contributed by atoms with Gasteiger partial charge < -0.3 is 20.7 Å². The van der Waals surface area contributed by atoms with Crippen molar-refractivity contribution in [2.24, 2.45) is 9.98 Å².